The maximum absolute atomic E-state index is 15.2. The third-order valence-electron chi connectivity index (χ3n) is 6.68. The van der Waals surface area contributed by atoms with Gasteiger partial charge >= 0.3 is 6.61 Å². The number of aromatic nitrogens is 1. The molecule has 3 aromatic rings. The summed E-state index contributed by atoms with van der Waals surface area (Å²) in [6, 6.07) is 8.16. The Morgan fingerprint density at radius 3 is 2.32 bits per heavy atom. The minimum absolute atomic E-state index is 0.0131. The molecule has 9 nitrogen and oxygen atoms in total. The summed E-state index contributed by atoms with van der Waals surface area (Å²) in [7, 11) is 4.92. The maximum Gasteiger partial charge on any atom is 0.387 e. The zero-order chi connectivity index (χ0) is 29.8. The topological polar surface area (TPSA) is 93.1 Å². The highest BCUT2D eigenvalue weighted by Gasteiger charge is 2.46. The molecular formula is C28H28F4N4O5. The standard InChI is InChI=1S/C28H28F4N4O5/c1-34(2)11-12-35-10-4-5-22(26(35)38)36-15-19(23-20(29)13-18(40-3)14-21(23)30)24(27(36)39)33-25(37)16-6-8-17(9-7-16)41-28(31)32/h4-10,13-14,19,24,28H,11-12,15H2,1-3H3,(H,33,37)/t19-,24?/m0/s1. The van der Waals surface area contributed by atoms with Gasteiger partial charge in [-0.15, -0.1) is 0 Å². The molecule has 1 aliphatic rings. The number of halogens is 4. The van der Waals surface area contributed by atoms with Crippen LogP contribution >= 0.6 is 0 Å². The minimum atomic E-state index is -3.06. The Labute approximate surface area is 232 Å². The smallest absolute Gasteiger partial charge is 0.387 e. The minimum Gasteiger partial charge on any atom is -0.497 e. The molecule has 0 bridgehead atoms. The first-order valence-corrected chi connectivity index (χ1v) is 12.5. The van der Waals surface area contributed by atoms with E-state index in [0.717, 1.165) is 29.2 Å². The van der Waals surface area contributed by atoms with Crippen molar-refractivity contribution in [2.75, 3.05) is 39.2 Å². The Morgan fingerprint density at radius 1 is 1.07 bits per heavy atom. The molecule has 218 valence electrons. The average molecular weight is 577 g/mol. The molecule has 0 radical (unpaired) electrons. The lowest BCUT2D eigenvalue weighted by Crippen LogP contribution is -2.44. The number of carbonyl (C=O) groups excluding carboxylic acids is 2. The summed E-state index contributed by atoms with van der Waals surface area (Å²) in [4.78, 5) is 43.0. The lowest BCUT2D eigenvalue weighted by molar-refractivity contribution is -0.118. The molecular weight excluding hydrogens is 548 g/mol. The number of ether oxygens (including phenoxy) is 2. The predicted octanol–water partition coefficient (Wildman–Crippen LogP) is 3.23. The van der Waals surface area contributed by atoms with Gasteiger partial charge in [0, 0.05) is 55.0 Å². The molecule has 2 heterocycles. The number of methoxy groups -OCH3 is 1. The summed E-state index contributed by atoms with van der Waals surface area (Å²) >= 11 is 0. The number of likely N-dealkylation sites (N-methyl/N-ethyl adjacent to an activating group) is 1. The molecule has 2 atom stereocenters. The number of carbonyl (C=O) groups is 2. The Bertz CT molecular complexity index is 1460. The molecule has 1 N–H and O–H groups in total. The van der Waals surface area contributed by atoms with E-state index >= 15 is 8.78 Å². The highest BCUT2D eigenvalue weighted by Crippen LogP contribution is 2.36. The summed E-state index contributed by atoms with van der Waals surface area (Å²) < 4.78 is 66.0. The quantitative estimate of drug-likeness (QED) is 0.373. The van der Waals surface area contributed by atoms with E-state index in [-0.39, 0.29) is 29.3 Å². The largest absolute Gasteiger partial charge is 0.497 e. The highest BCUT2D eigenvalue weighted by molar-refractivity contribution is 6.05. The van der Waals surface area contributed by atoms with Crippen molar-refractivity contribution in [3.05, 3.63) is 87.8 Å². The number of amides is 2. The summed E-state index contributed by atoms with van der Waals surface area (Å²) in [5.41, 5.74) is -0.978. The van der Waals surface area contributed by atoms with E-state index in [2.05, 4.69) is 10.1 Å². The van der Waals surface area contributed by atoms with E-state index in [9.17, 15) is 23.2 Å². The molecule has 0 aliphatic carbocycles. The normalized spacial score (nSPS) is 16.9. The molecule has 1 aromatic heterocycles. The zero-order valence-electron chi connectivity index (χ0n) is 22.4. The average Bonchev–Trinajstić information content (AvgIpc) is 3.22. The molecule has 41 heavy (non-hydrogen) atoms. The Morgan fingerprint density at radius 2 is 1.73 bits per heavy atom. The Kier molecular flexibility index (Phi) is 8.96. The van der Waals surface area contributed by atoms with E-state index in [1.807, 2.05) is 19.0 Å². The van der Waals surface area contributed by atoms with Crippen LogP contribution in [0.5, 0.6) is 11.5 Å². The van der Waals surface area contributed by atoms with Crippen molar-refractivity contribution in [2.45, 2.75) is 25.1 Å². The maximum atomic E-state index is 15.2. The number of hydrogen-bond donors (Lipinski definition) is 1. The van der Waals surface area contributed by atoms with Gasteiger partial charge < -0.3 is 29.2 Å². The van der Waals surface area contributed by atoms with Gasteiger partial charge in [-0.2, -0.15) is 8.78 Å². The van der Waals surface area contributed by atoms with Crippen LogP contribution in [0.15, 0.2) is 59.5 Å². The van der Waals surface area contributed by atoms with Crippen LogP contribution < -0.4 is 25.2 Å². The molecule has 2 amide bonds. The van der Waals surface area contributed by atoms with Crippen LogP contribution in [-0.4, -0.2) is 68.2 Å². The molecule has 0 saturated carbocycles. The third kappa shape index (κ3) is 6.51. The monoisotopic (exact) mass is 576 g/mol. The Balaban J connectivity index is 1.70. The van der Waals surface area contributed by atoms with Gasteiger partial charge in [0.15, 0.2) is 0 Å². The van der Waals surface area contributed by atoms with Gasteiger partial charge in [-0.3, -0.25) is 14.4 Å². The Hall–Kier alpha value is -4.39. The SMILES string of the molecule is COc1cc(F)c([C@@H]2CN(c3cccn(CCN(C)C)c3=O)C(=O)C2NC(=O)c2ccc(OC(F)F)cc2)c(F)c1. The number of rotatable bonds is 10. The summed E-state index contributed by atoms with van der Waals surface area (Å²) in [5, 5.41) is 2.51. The van der Waals surface area contributed by atoms with Gasteiger partial charge in [0.05, 0.1) is 7.11 Å². The number of pyridine rings is 1. The zero-order valence-corrected chi connectivity index (χ0v) is 22.4. The number of alkyl halides is 2. The van der Waals surface area contributed by atoms with Crippen molar-refractivity contribution >= 4 is 17.5 Å². The van der Waals surface area contributed by atoms with Crippen molar-refractivity contribution in [1.82, 2.24) is 14.8 Å². The number of anilines is 1. The van der Waals surface area contributed by atoms with E-state index in [0.29, 0.717) is 13.1 Å². The van der Waals surface area contributed by atoms with Crippen molar-refractivity contribution in [3.8, 4) is 11.5 Å². The summed E-state index contributed by atoms with van der Waals surface area (Å²) in [6.07, 6.45) is 1.57. The third-order valence-corrected chi connectivity index (χ3v) is 6.68. The molecule has 0 spiro atoms. The van der Waals surface area contributed by atoms with Crippen molar-refractivity contribution in [1.29, 1.82) is 0 Å². The number of benzene rings is 2. The van der Waals surface area contributed by atoms with Crippen molar-refractivity contribution in [3.63, 3.8) is 0 Å². The molecule has 1 unspecified atom stereocenters. The first kappa shape index (κ1) is 29.6. The molecule has 13 heteroatoms. The molecule has 2 aromatic carbocycles. The van der Waals surface area contributed by atoms with E-state index < -0.39 is 53.1 Å². The molecule has 1 fully saturated rings. The first-order chi connectivity index (χ1) is 19.5. The molecule has 4 rings (SSSR count). The van der Waals surface area contributed by atoms with Crippen LogP contribution in [0, 0.1) is 11.6 Å². The van der Waals surface area contributed by atoms with Crippen LogP contribution in [-0.2, 0) is 11.3 Å². The van der Waals surface area contributed by atoms with E-state index in [1.54, 1.807) is 12.3 Å². The highest BCUT2D eigenvalue weighted by atomic mass is 19.3. The number of nitrogens with one attached hydrogen (secondary N) is 1. The lowest BCUT2D eigenvalue weighted by Gasteiger charge is -2.20. The predicted molar refractivity (Wildman–Crippen MR) is 142 cm³/mol. The second-order valence-electron chi connectivity index (χ2n) is 9.61. The van der Waals surface area contributed by atoms with Gasteiger partial charge in [-0.05, 0) is 50.5 Å². The van der Waals surface area contributed by atoms with Crippen LogP contribution in [0.25, 0.3) is 0 Å². The fourth-order valence-corrected chi connectivity index (χ4v) is 4.63. The molecule has 1 saturated heterocycles. The van der Waals surface area contributed by atoms with Gasteiger partial charge in [0.2, 0.25) is 5.91 Å². The van der Waals surface area contributed by atoms with Gasteiger partial charge in [-0.1, -0.05) is 0 Å². The molecule has 1 aliphatic heterocycles. The van der Waals surface area contributed by atoms with Gasteiger partial charge in [0.25, 0.3) is 11.5 Å². The van der Waals surface area contributed by atoms with Crippen LogP contribution in [0.2, 0.25) is 0 Å². The second kappa shape index (κ2) is 12.4. The fourth-order valence-electron chi connectivity index (χ4n) is 4.63. The number of nitrogens with zero attached hydrogens (tertiary/aromatic N) is 3. The second-order valence-corrected chi connectivity index (χ2v) is 9.61. The van der Waals surface area contributed by atoms with Crippen LogP contribution in [0.3, 0.4) is 0 Å². The van der Waals surface area contributed by atoms with Crippen LogP contribution in [0.4, 0.5) is 23.2 Å². The van der Waals surface area contributed by atoms with E-state index in [4.69, 9.17) is 4.74 Å². The van der Waals surface area contributed by atoms with Crippen LogP contribution in [0.1, 0.15) is 21.8 Å². The van der Waals surface area contributed by atoms with Gasteiger partial charge in [0.1, 0.15) is 34.9 Å². The number of hydrogen-bond acceptors (Lipinski definition) is 6. The summed E-state index contributed by atoms with van der Waals surface area (Å²) in [5.74, 6) is -5.04. The van der Waals surface area contributed by atoms with Gasteiger partial charge in [-0.25, -0.2) is 8.78 Å². The van der Waals surface area contributed by atoms with Crippen molar-refractivity contribution in [2.24, 2.45) is 0 Å². The van der Waals surface area contributed by atoms with Crippen molar-refractivity contribution < 1.29 is 36.6 Å². The first-order valence-electron chi connectivity index (χ1n) is 12.5. The lowest BCUT2D eigenvalue weighted by atomic mass is 9.92. The van der Waals surface area contributed by atoms with E-state index in [1.165, 1.54) is 29.9 Å². The fraction of sp³-hybridized carbons (Fsp3) is 0.321. The summed E-state index contributed by atoms with van der Waals surface area (Å²) in [6.45, 7) is -2.49.